The SMILES string of the molecule is Cc1nc(CNCCc2cn(CCNc3nc4cc(C(N)=O)ccc4c4cnccc34)nn2)ccc1-c1ccccc1. The van der Waals surface area contributed by atoms with E-state index in [-0.39, 0.29) is 0 Å². The molecule has 0 aliphatic rings. The summed E-state index contributed by atoms with van der Waals surface area (Å²) in [6.07, 6.45) is 6.28. The van der Waals surface area contributed by atoms with E-state index in [4.69, 9.17) is 15.7 Å². The highest BCUT2D eigenvalue weighted by molar-refractivity contribution is 6.11. The van der Waals surface area contributed by atoms with Crippen molar-refractivity contribution in [3.8, 4) is 11.1 Å². The van der Waals surface area contributed by atoms with Gasteiger partial charge in [0.2, 0.25) is 5.91 Å². The van der Waals surface area contributed by atoms with E-state index < -0.39 is 5.91 Å². The minimum atomic E-state index is -0.485. The van der Waals surface area contributed by atoms with Crippen molar-refractivity contribution in [2.75, 3.05) is 18.4 Å². The number of rotatable bonds is 11. The molecule has 10 nitrogen and oxygen atoms in total. The smallest absolute Gasteiger partial charge is 0.248 e. The maximum Gasteiger partial charge on any atom is 0.248 e. The molecular formula is C32H31N9O. The third-order valence-electron chi connectivity index (χ3n) is 7.19. The lowest BCUT2D eigenvalue weighted by atomic mass is 10.0. The van der Waals surface area contributed by atoms with Crippen LogP contribution in [0.25, 0.3) is 32.8 Å². The van der Waals surface area contributed by atoms with Crippen LogP contribution < -0.4 is 16.4 Å². The summed E-state index contributed by atoms with van der Waals surface area (Å²) in [6, 6.07) is 21.8. The molecule has 0 aliphatic carbocycles. The van der Waals surface area contributed by atoms with E-state index in [9.17, 15) is 4.79 Å². The van der Waals surface area contributed by atoms with Crippen LogP contribution in [0.5, 0.6) is 0 Å². The van der Waals surface area contributed by atoms with E-state index in [2.05, 4.69) is 57.1 Å². The maximum atomic E-state index is 11.7. The molecule has 0 spiro atoms. The summed E-state index contributed by atoms with van der Waals surface area (Å²) in [5, 5.41) is 18.3. The molecule has 10 heteroatoms. The maximum absolute atomic E-state index is 11.7. The molecule has 0 radical (unpaired) electrons. The van der Waals surface area contributed by atoms with Crippen molar-refractivity contribution < 1.29 is 4.79 Å². The Balaban J connectivity index is 1.02. The first-order valence-corrected chi connectivity index (χ1v) is 13.9. The quantitative estimate of drug-likeness (QED) is 0.159. The molecule has 4 aromatic heterocycles. The minimum Gasteiger partial charge on any atom is -0.368 e. The molecule has 4 heterocycles. The molecule has 1 amide bonds. The Bertz CT molecular complexity index is 1870. The predicted octanol–water partition coefficient (Wildman–Crippen LogP) is 4.29. The zero-order chi connectivity index (χ0) is 28.9. The van der Waals surface area contributed by atoms with Crippen LogP contribution >= 0.6 is 0 Å². The second kappa shape index (κ2) is 12.1. The summed E-state index contributed by atoms with van der Waals surface area (Å²) in [4.78, 5) is 25.5. The highest BCUT2D eigenvalue weighted by Crippen LogP contribution is 2.29. The lowest BCUT2D eigenvalue weighted by Gasteiger charge is -2.12. The van der Waals surface area contributed by atoms with Crippen molar-refractivity contribution in [3.63, 3.8) is 0 Å². The number of carbonyl (C=O) groups is 1. The molecule has 0 atom stereocenters. The molecule has 2 aromatic carbocycles. The summed E-state index contributed by atoms with van der Waals surface area (Å²) >= 11 is 0. The van der Waals surface area contributed by atoms with Crippen LogP contribution in [0.4, 0.5) is 5.82 Å². The summed E-state index contributed by atoms with van der Waals surface area (Å²) in [5.41, 5.74) is 11.9. The first kappa shape index (κ1) is 27.0. The Morgan fingerprint density at radius 1 is 0.929 bits per heavy atom. The fraction of sp³-hybridized carbons (Fsp3) is 0.188. The number of aryl methyl sites for hydroxylation is 1. The topological polar surface area (TPSA) is 137 Å². The van der Waals surface area contributed by atoms with Gasteiger partial charge >= 0.3 is 0 Å². The normalized spacial score (nSPS) is 11.3. The molecule has 0 fully saturated rings. The molecule has 0 aliphatic heterocycles. The summed E-state index contributed by atoms with van der Waals surface area (Å²) in [7, 11) is 0. The van der Waals surface area contributed by atoms with Crippen LogP contribution in [-0.4, -0.2) is 48.9 Å². The third kappa shape index (κ3) is 5.93. The Morgan fingerprint density at radius 3 is 2.64 bits per heavy atom. The molecule has 0 unspecified atom stereocenters. The van der Waals surface area contributed by atoms with Crippen molar-refractivity contribution in [3.05, 3.63) is 108 Å². The first-order chi connectivity index (χ1) is 20.5. The van der Waals surface area contributed by atoms with Crippen molar-refractivity contribution in [1.29, 1.82) is 0 Å². The summed E-state index contributed by atoms with van der Waals surface area (Å²) < 4.78 is 1.82. The van der Waals surface area contributed by atoms with Gasteiger partial charge in [-0.05, 0) is 36.8 Å². The second-order valence-corrected chi connectivity index (χ2v) is 10.1. The molecular weight excluding hydrogens is 526 g/mol. The number of nitrogens with two attached hydrogens (primary N) is 1. The number of hydrogen-bond acceptors (Lipinski definition) is 8. The fourth-order valence-electron chi connectivity index (χ4n) is 5.05. The number of nitrogens with one attached hydrogen (secondary N) is 2. The van der Waals surface area contributed by atoms with Crippen LogP contribution in [-0.2, 0) is 19.5 Å². The Labute approximate surface area is 243 Å². The van der Waals surface area contributed by atoms with Gasteiger partial charge in [-0.3, -0.25) is 19.4 Å². The molecule has 4 N–H and O–H groups in total. The Hall–Kier alpha value is -5.22. The fourth-order valence-corrected chi connectivity index (χ4v) is 5.05. The number of primary amides is 1. The van der Waals surface area contributed by atoms with Gasteiger partial charge in [-0.25, -0.2) is 4.98 Å². The number of benzene rings is 2. The van der Waals surface area contributed by atoms with Gasteiger partial charge < -0.3 is 16.4 Å². The number of carbonyl (C=O) groups excluding carboxylic acids is 1. The van der Waals surface area contributed by atoms with E-state index in [1.807, 2.05) is 47.4 Å². The standard InChI is InChI=1S/C32H31N9O/c1-21-26(22-5-3-2-4-6-22)10-8-24(37-21)18-34-13-11-25-20-41(40-39-25)16-15-36-32-28-12-14-35-19-29(28)27-9-7-23(31(33)42)17-30(27)38-32/h2-10,12,14,17,19-20,34H,11,13,15-16,18H2,1H3,(H2,33,42)(H,36,38). The van der Waals surface area contributed by atoms with Crippen molar-refractivity contribution in [1.82, 2.24) is 35.3 Å². The van der Waals surface area contributed by atoms with Crippen LogP contribution in [0.3, 0.4) is 0 Å². The average Bonchev–Trinajstić information content (AvgIpc) is 3.47. The highest BCUT2D eigenvalue weighted by atomic mass is 16.1. The van der Waals surface area contributed by atoms with E-state index >= 15 is 0 Å². The number of amides is 1. The average molecular weight is 558 g/mol. The zero-order valence-corrected chi connectivity index (χ0v) is 23.3. The van der Waals surface area contributed by atoms with Gasteiger partial charge in [-0.2, -0.15) is 0 Å². The van der Waals surface area contributed by atoms with Crippen LogP contribution in [0, 0.1) is 6.92 Å². The van der Waals surface area contributed by atoms with Gasteiger partial charge in [-0.1, -0.05) is 47.7 Å². The van der Waals surface area contributed by atoms with Gasteiger partial charge in [0, 0.05) is 77.6 Å². The summed E-state index contributed by atoms with van der Waals surface area (Å²) in [5.74, 6) is 0.229. The monoisotopic (exact) mass is 557 g/mol. The molecule has 0 saturated heterocycles. The molecule has 6 aromatic rings. The number of aromatic nitrogens is 6. The van der Waals surface area contributed by atoms with Gasteiger partial charge in [0.1, 0.15) is 5.82 Å². The lowest BCUT2D eigenvalue weighted by Crippen LogP contribution is -2.18. The van der Waals surface area contributed by atoms with Gasteiger partial charge in [0.05, 0.1) is 23.4 Å². The van der Waals surface area contributed by atoms with Crippen molar-refractivity contribution >= 4 is 33.4 Å². The van der Waals surface area contributed by atoms with Crippen LogP contribution in [0.15, 0.2) is 85.3 Å². The van der Waals surface area contributed by atoms with Gasteiger partial charge in [-0.15, -0.1) is 5.10 Å². The molecule has 210 valence electrons. The van der Waals surface area contributed by atoms with Crippen LogP contribution in [0.1, 0.15) is 27.4 Å². The number of anilines is 1. The van der Waals surface area contributed by atoms with E-state index in [1.165, 1.54) is 5.56 Å². The number of nitrogens with zero attached hydrogens (tertiary/aromatic N) is 6. The molecule has 0 saturated carbocycles. The number of pyridine rings is 3. The molecule has 0 bridgehead atoms. The third-order valence-corrected chi connectivity index (χ3v) is 7.19. The first-order valence-electron chi connectivity index (χ1n) is 13.9. The van der Waals surface area contributed by atoms with E-state index in [1.54, 1.807) is 18.3 Å². The number of fused-ring (bicyclic) bond motifs is 3. The van der Waals surface area contributed by atoms with Gasteiger partial charge in [0.25, 0.3) is 0 Å². The van der Waals surface area contributed by atoms with Crippen LogP contribution in [0.2, 0.25) is 0 Å². The zero-order valence-electron chi connectivity index (χ0n) is 23.3. The minimum absolute atomic E-state index is 0.418. The molecule has 42 heavy (non-hydrogen) atoms. The summed E-state index contributed by atoms with van der Waals surface area (Å²) in [6.45, 7) is 4.72. The number of hydrogen-bond donors (Lipinski definition) is 3. The van der Waals surface area contributed by atoms with Crippen molar-refractivity contribution in [2.24, 2.45) is 5.73 Å². The van der Waals surface area contributed by atoms with E-state index in [0.29, 0.717) is 36.5 Å². The predicted molar refractivity (Wildman–Crippen MR) is 164 cm³/mol. The van der Waals surface area contributed by atoms with E-state index in [0.717, 1.165) is 51.8 Å². The van der Waals surface area contributed by atoms with Crippen molar-refractivity contribution in [2.45, 2.75) is 26.4 Å². The Morgan fingerprint density at radius 2 is 1.81 bits per heavy atom. The lowest BCUT2D eigenvalue weighted by molar-refractivity contribution is 0.100. The molecule has 6 rings (SSSR count). The second-order valence-electron chi connectivity index (χ2n) is 10.1. The van der Waals surface area contributed by atoms with Gasteiger partial charge in [0.15, 0.2) is 0 Å². The Kier molecular flexibility index (Phi) is 7.78. The largest absolute Gasteiger partial charge is 0.368 e. The highest BCUT2D eigenvalue weighted by Gasteiger charge is 2.11.